The molecule has 0 aliphatic rings. The summed E-state index contributed by atoms with van der Waals surface area (Å²) in [6.07, 6.45) is 0. The highest BCUT2D eigenvalue weighted by atomic mass is 35.5. The Bertz CT molecular complexity index is 991. The summed E-state index contributed by atoms with van der Waals surface area (Å²) in [4.78, 5) is 24.4. The number of fused-ring (bicyclic) bond motifs is 1. The largest absolute Gasteiger partial charge is 0.422 e. The van der Waals surface area contributed by atoms with Crippen molar-refractivity contribution in [2.75, 3.05) is 0 Å². The van der Waals surface area contributed by atoms with E-state index in [2.05, 4.69) is 0 Å². The molecule has 0 N–H and O–H groups in total. The molecule has 1 heterocycles. The minimum absolute atomic E-state index is 0.0283. The molecule has 112 valence electrons. The maximum absolute atomic E-state index is 12.4. The first-order chi connectivity index (χ1) is 10.5. The molecule has 4 nitrogen and oxygen atoms in total. The van der Waals surface area contributed by atoms with Crippen LogP contribution < -0.4 is 11.3 Å². The highest BCUT2D eigenvalue weighted by Gasteiger charge is 2.11. The molecule has 0 spiro atoms. The third-order valence-electron chi connectivity index (χ3n) is 3.16. The van der Waals surface area contributed by atoms with Crippen molar-refractivity contribution < 1.29 is 4.42 Å². The molecule has 0 bridgehead atoms. The van der Waals surface area contributed by atoms with Crippen LogP contribution in [0.5, 0.6) is 0 Å². The summed E-state index contributed by atoms with van der Waals surface area (Å²) in [6.45, 7) is 0.0283. The Morgan fingerprint density at radius 1 is 0.955 bits per heavy atom. The van der Waals surface area contributed by atoms with Crippen molar-refractivity contribution in [3.63, 3.8) is 0 Å². The van der Waals surface area contributed by atoms with Gasteiger partial charge in [0.05, 0.1) is 22.0 Å². The molecule has 7 heteroatoms. The zero-order chi connectivity index (χ0) is 15.9. The maximum atomic E-state index is 12.4. The van der Waals surface area contributed by atoms with Gasteiger partial charge in [-0.2, -0.15) is 0 Å². The maximum Gasteiger partial charge on any atom is 0.422 e. The van der Waals surface area contributed by atoms with E-state index < -0.39 is 11.3 Å². The molecule has 0 amide bonds. The summed E-state index contributed by atoms with van der Waals surface area (Å²) in [5.41, 5.74) is 0.384. The van der Waals surface area contributed by atoms with Crippen molar-refractivity contribution in [3.8, 4) is 0 Å². The zero-order valence-electron chi connectivity index (χ0n) is 11.0. The Balaban J connectivity index is 2.16. The van der Waals surface area contributed by atoms with E-state index in [9.17, 15) is 9.59 Å². The van der Waals surface area contributed by atoms with Crippen LogP contribution in [0.3, 0.4) is 0 Å². The summed E-state index contributed by atoms with van der Waals surface area (Å²) in [5, 5.41) is 1.38. The summed E-state index contributed by atoms with van der Waals surface area (Å²) >= 11 is 17.7. The molecule has 0 saturated carbocycles. The smallest absolute Gasteiger partial charge is 0.409 e. The van der Waals surface area contributed by atoms with Gasteiger partial charge < -0.3 is 4.42 Å². The number of aromatic nitrogens is 1. The van der Waals surface area contributed by atoms with Gasteiger partial charge in [-0.05, 0) is 35.9 Å². The highest BCUT2D eigenvalue weighted by molar-refractivity contribution is 6.42. The molecule has 1 aromatic heterocycles. The molecule has 0 unspecified atom stereocenters. The molecule has 0 atom stereocenters. The van der Waals surface area contributed by atoms with Crippen molar-refractivity contribution in [1.82, 2.24) is 4.57 Å². The van der Waals surface area contributed by atoms with Crippen LogP contribution in [0.1, 0.15) is 5.56 Å². The molecule has 22 heavy (non-hydrogen) atoms. The van der Waals surface area contributed by atoms with Crippen molar-refractivity contribution in [2.24, 2.45) is 0 Å². The van der Waals surface area contributed by atoms with Crippen LogP contribution in [0.15, 0.2) is 50.4 Å². The van der Waals surface area contributed by atoms with Crippen LogP contribution in [0, 0.1) is 0 Å². The Morgan fingerprint density at radius 3 is 2.45 bits per heavy atom. The number of benzene rings is 2. The van der Waals surface area contributed by atoms with Crippen molar-refractivity contribution in [3.05, 3.63) is 77.9 Å². The van der Waals surface area contributed by atoms with E-state index >= 15 is 0 Å². The van der Waals surface area contributed by atoms with Crippen molar-refractivity contribution in [1.29, 1.82) is 0 Å². The first-order valence-corrected chi connectivity index (χ1v) is 7.36. The first kappa shape index (κ1) is 15.2. The third-order valence-corrected chi connectivity index (χ3v) is 4.13. The molecule has 0 aliphatic heterocycles. The van der Waals surface area contributed by atoms with E-state index in [0.29, 0.717) is 20.6 Å². The van der Waals surface area contributed by atoms with E-state index in [1.165, 1.54) is 12.1 Å². The van der Waals surface area contributed by atoms with Crippen LogP contribution in [-0.4, -0.2) is 4.57 Å². The fourth-order valence-electron chi connectivity index (χ4n) is 2.09. The van der Waals surface area contributed by atoms with Gasteiger partial charge in [0.2, 0.25) is 0 Å². The SMILES string of the molecule is O=c1oc2ccc(Cl)cc2c(=O)n1Cc1ccc(Cl)c(Cl)c1. The van der Waals surface area contributed by atoms with Crippen molar-refractivity contribution >= 4 is 45.8 Å². The van der Waals surface area contributed by atoms with Crippen molar-refractivity contribution in [2.45, 2.75) is 6.54 Å². The lowest BCUT2D eigenvalue weighted by molar-refractivity contribution is 0.471. The Hall–Kier alpha value is -1.75. The van der Waals surface area contributed by atoms with E-state index in [4.69, 9.17) is 39.2 Å². The van der Waals surface area contributed by atoms with Gasteiger partial charge in [0.1, 0.15) is 5.58 Å². The van der Waals surface area contributed by atoms with Crippen LogP contribution in [-0.2, 0) is 6.54 Å². The van der Waals surface area contributed by atoms with Gasteiger partial charge in [0.25, 0.3) is 5.56 Å². The van der Waals surface area contributed by atoms with Crippen LogP contribution in [0.2, 0.25) is 15.1 Å². The van der Waals surface area contributed by atoms with E-state index in [1.54, 1.807) is 24.3 Å². The second-order valence-electron chi connectivity index (χ2n) is 4.65. The Morgan fingerprint density at radius 2 is 1.73 bits per heavy atom. The number of rotatable bonds is 2. The van der Waals surface area contributed by atoms with E-state index in [-0.39, 0.29) is 17.5 Å². The standard InChI is InChI=1S/C15H8Cl3NO3/c16-9-2-4-13-10(6-9)14(20)19(15(21)22-13)7-8-1-3-11(17)12(18)5-8/h1-6H,7H2. The molecular formula is C15H8Cl3NO3. The molecular weight excluding hydrogens is 349 g/mol. The fraction of sp³-hybridized carbons (Fsp3) is 0.0667. The lowest BCUT2D eigenvalue weighted by Crippen LogP contribution is -2.32. The van der Waals surface area contributed by atoms with Gasteiger partial charge in [-0.25, -0.2) is 9.36 Å². The minimum Gasteiger partial charge on any atom is -0.409 e. The summed E-state index contributed by atoms with van der Waals surface area (Å²) in [5.74, 6) is -0.745. The van der Waals surface area contributed by atoms with Gasteiger partial charge in [-0.1, -0.05) is 40.9 Å². The Kier molecular flexibility index (Phi) is 4.00. The zero-order valence-corrected chi connectivity index (χ0v) is 13.2. The molecule has 0 aliphatic carbocycles. The topological polar surface area (TPSA) is 52.2 Å². The normalized spacial score (nSPS) is 11.0. The minimum atomic E-state index is -0.745. The van der Waals surface area contributed by atoms with E-state index in [1.807, 2.05) is 0 Å². The summed E-state index contributed by atoms with van der Waals surface area (Å²) in [6, 6.07) is 9.39. The molecule has 3 aromatic rings. The van der Waals surface area contributed by atoms with Gasteiger partial charge in [0, 0.05) is 5.02 Å². The third kappa shape index (κ3) is 2.77. The fourth-order valence-corrected chi connectivity index (χ4v) is 2.59. The average Bonchev–Trinajstić information content (AvgIpc) is 2.48. The predicted octanol–water partition coefficient (Wildman–Crippen LogP) is 3.96. The highest BCUT2D eigenvalue weighted by Crippen LogP contribution is 2.22. The van der Waals surface area contributed by atoms with Gasteiger partial charge in [-0.3, -0.25) is 4.79 Å². The van der Waals surface area contributed by atoms with Gasteiger partial charge >= 0.3 is 5.76 Å². The molecule has 2 aromatic carbocycles. The second kappa shape index (κ2) is 5.80. The predicted molar refractivity (Wildman–Crippen MR) is 87.3 cm³/mol. The van der Waals surface area contributed by atoms with Gasteiger partial charge in [-0.15, -0.1) is 0 Å². The van der Waals surface area contributed by atoms with Crippen LogP contribution in [0.4, 0.5) is 0 Å². The van der Waals surface area contributed by atoms with Crippen LogP contribution in [0.25, 0.3) is 11.0 Å². The summed E-state index contributed by atoms with van der Waals surface area (Å²) < 4.78 is 6.13. The number of halogens is 3. The molecule has 0 radical (unpaired) electrons. The molecule has 0 fully saturated rings. The average molecular weight is 357 g/mol. The number of nitrogens with zero attached hydrogens (tertiary/aromatic N) is 1. The van der Waals surface area contributed by atoms with Crippen LogP contribution >= 0.6 is 34.8 Å². The lowest BCUT2D eigenvalue weighted by atomic mass is 10.2. The Labute approximate surface area is 139 Å². The second-order valence-corrected chi connectivity index (χ2v) is 5.90. The van der Waals surface area contributed by atoms with E-state index in [0.717, 1.165) is 4.57 Å². The number of hydrogen-bond acceptors (Lipinski definition) is 3. The first-order valence-electron chi connectivity index (χ1n) is 6.23. The lowest BCUT2D eigenvalue weighted by Gasteiger charge is -2.06. The number of hydrogen-bond donors (Lipinski definition) is 0. The summed E-state index contributed by atoms with van der Waals surface area (Å²) in [7, 11) is 0. The molecule has 3 rings (SSSR count). The quantitative estimate of drug-likeness (QED) is 0.698. The van der Waals surface area contributed by atoms with Gasteiger partial charge in [0.15, 0.2) is 0 Å². The molecule has 0 saturated heterocycles. The monoisotopic (exact) mass is 355 g/mol.